The lowest BCUT2D eigenvalue weighted by Crippen LogP contribution is -2.46. The summed E-state index contributed by atoms with van der Waals surface area (Å²) in [5.41, 5.74) is 2.63. The molecule has 0 atom stereocenters. The SMILES string of the molecule is Cc1ccnc(N2CCN(Cc3cccc(C(=O)O)c3)CC2)c1. The zero-order valence-corrected chi connectivity index (χ0v) is 13.3. The first-order valence-corrected chi connectivity index (χ1v) is 7.84. The molecule has 120 valence electrons. The van der Waals surface area contributed by atoms with Gasteiger partial charge >= 0.3 is 5.97 Å². The maximum atomic E-state index is 11.0. The third-order valence-corrected chi connectivity index (χ3v) is 4.18. The molecule has 2 heterocycles. The molecule has 3 rings (SSSR count). The van der Waals surface area contributed by atoms with Crippen LogP contribution in [0, 0.1) is 6.92 Å². The lowest BCUT2D eigenvalue weighted by molar-refractivity contribution is 0.0696. The van der Waals surface area contributed by atoms with Crippen LogP contribution < -0.4 is 4.90 Å². The molecule has 5 nitrogen and oxygen atoms in total. The van der Waals surface area contributed by atoms with Gasteiger partial charge in [0.05, 0.1) is 5.56 Å². The Labute approximate surface area is 136 Å². The maximum absolute atomic E-state index is 11.0. The first-order valence-electron chi connectivity index (χ1n) is 7.84. The van der Waals surface area contributed by atoms with Crippen LogP contribution in [0.1, 0.15) is 21.5 Å². The van der Waals surface area contributed by atoms with Crippen molar-refractivity contribution in [2.24, 2.45) is 0 Å². The van der Waals surface area contributed by atoms with Crippen molar-refractivity contribution in [3.05, 3.63) is 59.3 Å². The Kier molecular flexibility index (Phi) is 4.57. The Morgan fingerprint density at radius 1 is 1.17 bits per heavy atom. The fourth-order valence-electron chi connectivity index (χ4n) is 2.89. The number of carbonyl (C=O) groups is 1. The number of aryl methyl sites for hydroxylation is 1. The molecule has 23 heavy (non-hydrogen) atoms. The van der Waals surface area contributed by atoms with Crippen molar-refractivity contribution >= 4 is 11.8 Å². The number of benzene rings is 1. The Hall–Kier alpha value is -2.40. The van der Waals surface area contributed by atoms with Crippen LogP contribution >= 0.6 is 0 Å². The number of aromatic nitrogens is 1. The largest absolute Gasteiger partial charge is 0.478 e. The predicted molar refractivity (Wildman–Crippen MR) is 89.9 cm³/mol. The summed E-state index contributed by atoms with van der Waals surface area (Å²) >= 11 is 0. The highest BCUT2D eigenvalue weighted by atomic mass is 16.4. The Morgan fingerprint density at radius 2 is 1.96 bits per heavy atom. The number of carboxylic acids is 1. The molecule has 1 aromatic heterocycles. The molecule has 0 aliphatic carbocycles. The average Bonchev–Trinajstić information content (AvgIpc) is 2.56. The van der Waals surface area contributed by atoms with E-state index in [0.717, 1.165) is 44.1 Å². The molecule has 0 saturated carbocycles. The van der Waals surface area contributed by atoms with E-state index in [2.05, 4.69) is 27.8 Å². The summed E-state index contributed by atoms with van der Waals surface area (Å²) in [6.07, 6.45) is 1.86. The second kappa shape index (κ2) is 6.79. The molecular formula is C18H21N3O2. The molecule has 0 bridgehead atoms. The van der Waals surface area contributed by atoms with Gasteiger partial charge in [0.2, 0.25) is 0 Å². The van der Waals surface area contributed by atoms with E-state index >= 15 is 0 Å². The molecular weight excluding hydrogens is 290 g/mol. The van der Waals surface area contributed by atoms with Crippen LogP contribution in [-0.2, 0) is 6.54 Å². The summed E-state index contributed by atoms with van der Waals surface area (Å²) in [6.45, 7) is 6.65. The van der Waals surface area contributed by atoms with Crippen molar-refractivity contribution in [2.75, 3.05) is 31.1 Å². The standard InChI is InChI=1S/C18H21N3O2/c1-14-5-6-19-17(11-14)21-9-7-20(8-10-21)13-15-3-2-4-16(12-15)18(22)23/h2-6,11-12H,7-10,13H2,1H3,(H,22,23). The molecule has 0 radical (unpaired) electrons. The van der Waals surface area contributed by atoms with Gasteiger partial charge in [0.1, 0.15) is 5.82 Å². The van der Waals surface area contributed by atoms with Crippen molar-refractivity contribution in [3.63, 3.8) is 0 Å². The lowest BCUT2D eigenvalue weighted by atomic mass is 10.1. The van der Waals surface area contributed by atoms with Gasteiger partial charge < -0.3 is 10.0 Å². The second-order valence-electron chi connectivity index (χ2n) is 5.96. The fraction of sp³-hybridized carbons (Fsp3) is 0.333. The van der Waals surface area contributed by atoms with Gasteiger partial charge in [0, 0.05) is 38.9 Å². The minimum atomic E-state index is -0.873. The van der Waals surface area contributed by atoms with Crippen molar-refractivity contribution < 1.29 is 9.90 Å². The maximum Gasteiger partial charge on any atom is 0.335 e. The minimum absolute atomic E-state index is 0.352. The van der Waals surface area contributed by atoms with Crippen LogP contribution in [0.15, 0.2) is 42.6 Å². The van der Waals surface area contributed by atoms with Crippen molar-refractivity contribution in [1.29, 1.82) is 0 Å². The molecule has 1 fully saturated rings. The molecule has 1 saturated heterocycles. The average molecular weight is 311 g/mol. The van der Waals surface area contributed by atoms with Crippen LogP contribution in [-0.4, -0.2) is 47.1 Å². The monoisotopic (exact) mass is 311 g/mol. The van der Waals surface area contributed by atoms with Gasteiger partial charge in [0.25, 0.3) is 0 Å². The van der Waals surface area contributed by atoms with Gasteiger partial charge in [-0.05, 0) is 42.3 Å². The zero-order chi connectivity index (χ0) is 16.2. The van der Waals surface area contributed by atoms with Crippen LogP contribution in [0.2, 0.25) is 0 Å². The highest BCUT2D eigenvalue weighted by molar-refractivity contribution is 5.87. The van der Waals surface area contributed by atoms with Crippen LogP contribution in [0.25, 0.3) is 0 Å². The second-order valence-corrected chi connectivity index (χ2v) is 5.96. The summed E-state index contributed by atoms with van der Waals surface area (Å²) in [7, 11) is 0. The van der Waals surface area contributed by atoms with Gasteiger partial charge in [-0.2, -0.15) is 0 Å². The first-order chi connectivity index (χ1) is 11.1. The summed E-state index contributed by atoms with van der Waals surface area (Å²) < 4.78 is 0. The summed E-state index contributed by atoms with van der Waals surface area (Å²) in [6, 6.07) is 11.3. The molecule has 1 aliphatic heterocycles. The third kappa shape index (κ3) is 3.87. The minimum Gasteiger partial charge on any atom is -0.478 e. The topological polar surface area (TPSA) is 56.7 Å². The highest BCUT2D eigenvalue weighted by Crippen LogP contribution is 2.16. The van der Waals surface area contributed by atoms with Crippen LogP contribution in [0.3, 0.4) is 0 Å². The van der Waals surface area contributed by atoms with E-state index in [1.54, 1.807) is 12.1 Å². The van der Waals surface area contributed by atoms with Gasteiger partial charge in [-0.25, -0.2) is 9.78 Å². The number of rotatable bonds is 4. The lowest BCUT2D eigenvalue weighted by Gasteiger charge is -2.35. The Morgan fingerprint density at radius 3 is 2.65 bits per heavy atom. The third-order valence-electron chi connectivity index (χ3n) is 4.18. The van der Waals surface area contributed by atoms with Crippen LogP contribution in [0.5, 0.6) is 0 Å². The van der Waals surface area contributed by atoms with Crippen molar-refractivity contribution in [3.8, 4) is 0 Å². The number of nitrogens with zero attached hydrogens (tertiary/aromatic N) is 3. The predicted octanol–water partition coefficient (Wildman–Crippen LogP) is 2.41. The Bertz CT molecular complexity index is 694. The molecule has 1 N–H and O–H groups in total. The van der Waals surface area contributed by atoms with E-state index in [0.29, 0.717) is 5.56 Å². The quantitative estimate of drug-likeness (QED) is 0.939. The van der Waals surface area contributed by atoms with E-state index in [9.17, 15) is 4.79 Å². The van der Waals surface area contributed by atoms with E-state index in [4.69, 9.17) is 5.11 Å². The number of piperazine rings is 1. The fourth-order valence-corrected chi connectivity index (χ4v) is 2.89. The summed E-state index contributed by atoms with van der Waals surface area (Å²) in [4.78, 5) is 20.1. The number of hydrogen-bond acceptors (Lipinski definition) is 4. The first kappa shape index (κ1) is 15.5. The van der Waals surface area contributed by atoms with Crippen LogP contribution in [0.4, 0.5) is 5.82 Å². The smallest absolute Gasteiger partial charge is 0.335 e. The molecule has 1 aromatic carbocycles. The van der Waals surface area contributed by atoms with Crippen molar-refractivity contribution in [2.45, 2.75) is 13.5 Å². The van der Waals surface area contributed by atoms with E-state index < -0.39 is 5.97 Å². The van der Waals surface area contributed by atoms with E-state index in [1.165, 1.54) is 5.56 Å². The number of aromatic carboxylic acids is 1. The number of carboxylic acid groups (broad SMARTS) is 1. The zero-order valence-electron chi connectivity index (χ0n) is 13.3. The molecule has 0 unspecified atom stereocenters. The molecule has 0 amide bonds. The van der Waals surface area contributed by atoms with E-state index in [1.807, 2.05) is 24.4 Å². The van der Waals surface area contributed by atoms with Crippen molar-refractivity contribution in [1.82, 2.24) is 9.88 Å². The van der Waals surface area contributed by atoms with Gasteiger partial charge in [0.15, 0.2) is 0 Å². The normalized spacial score (nSPS) is 15.6. The van der Waals surface area contributed by atoms with E-state index in [-0.39, 0.29) is 0 Å². The van der Waals surface area contributed by atoms with Gasteiger partial charge in [-0.15, -0.1) is 0 Å². The number of pyridine rings is 1. The van der Waals surface area contributed by atoms with Gasteiger partial charge in [-0.1, -0.05) is 12.1 Å². The summed E-state index contributed by atoms with van der Waals surface area (Å²) in [5.74, 6) is 0.166. The number of hydrogen-bond donors (Lipinski definition) is 1. The highest BCUT2D eigenvalue weighted by Gasteiger charge is 2.18. The summed E-state index contributed by atoms with van der Waals surface area (Å²) in [5, 5.41) is 9.07. The molecule has 5 heteroatoms. The number of anilines is 1. The molecule has 0 spiro atoms. The molecule has 1 aliphatic rings. The van der Waals surface area contributed by atoms with Gasteiger partial charge in [-0.3, -0.25) is 4.90 Å². The Balaban J connectivity index is 1.59. The molecule has 2 aromatic rings.